The zero-order valence-corrected chi connectivity index (χ0v) is 18.6. The summed E-state index contributed by atoms with van der Waals surface area (Å²) in [5, 5.41) is 0. The van der Waals surface area contributed by atoms with Crippen LogP contribution < -0.4 is 4.74 Å². The van der Waals surface area contributed by atoms with Gasteiger partial charge >= 0.3 is 6.16 Å². The van der Waals surface area contributed by atoms with Crippen LogP contribution in [0.2, 0.25) is 0 Å². The Labute approximate surface area is 182 Å². The number of benzene rings is 2. The van der Waals surface area contributed by atoms with Gasteiger partial charge in [0.15, 0.2) is 0 Å². The highest BCUT2D eigenvalue weighted by atomic mass is 32.2. The van der Waals surface area contributed by atoms with Crippen molar-refractivity contribution in [3.8, 4) is 5.75 Å². The third kappa shape index (κ3) is 5.23. The summed E-state index contributed by atoms with van der Waals surface area (Å²) in [7, 11) is -3.62. The second kappa shape index (κ2) is 9.49. The van der Waals surface area contributed by atoms with Gasteiger partial charge in [0.2, 0.25) is 10.0 Å². The average Bonchev–Trinajstić information content (AvgIpc) is 2.75. The molecule has 2 aromatic rings. The molecule has 9 heteroatoms. The summed E-state index contributed by atoms with van der Waals surface area (Å²) < 4.78 is 37.2. The molecule has 0 bridgehead atoms. The van der Waals surface area contributed by atoms with Crippen LogP contribution in [0.5, 0.6) is 5.75 Å². The minimum Gasteiger partial charge on any atom is -0.434 e. The maximum Gasteiger partial charge on any atom is 0.513 e. The van der Waals surface area contributed by atoms with Crippen molar-refractivity contribution in [2.75, 3.05) is 32.8 Å². The molecule has 0 N–H and O–H groups in total. The normalized spacial score (nSPS) is 14.9. The van der Waals surface area contributed by atoms with E-state index < -0.39 is 16.2 Å². The summed E-state index contributed by atoms with van der Waals surface area (Å²) in [5.41, 5.74) is 2.02. The van der Waals surface area contributed by atoms with Gasteiger partial charge in [-0.3, -0.25) is 4.79 Å². The number of rotatable bonds is 5. The van der Waals surface area contributed by atoms with Gasteiger partial charge in [0.1, 0.15) is 5.75 Å². The Hall–Kier alpha value is -2.91. The van der Waals surface area contributed by atoms with Crippen molar-refractivity contribution in [2.45, 2.75) is 25.7 Å². The molecule has 1 aliphatic rings. The van der Waals surface area contributed by atoms with Crippen LogP contribution in [0.3, 0.4) is 0 Å². The van der Waals surface area contributed by atoms with Gasteiger partial charge in [-0.15, -0.1) is 0 Å². The van der Waals surface area contributed by atoms with E-state index in [0.29, 0.717) is 29.1 Å². The molecule has 1 saturated heterocycles. The lowest BCUT2D eigenvalue weighted by atomic mass is 10.2. The number of aryl methyl sites for hydroxylation is 2. The first-order valence-corrected chi connectivity index (χ1v) is 11.5. The molecule has 0 aliphatic carbocycles. The van der Waals surface area contributed by atoms with Crippen LogP contribution in [0.15, 0.2) is 47.4 Å². The van der Waals surface area contributed by atoms with E-state index in [4.69, 9.17) is 9.47 Å². The van der Waals surface area contributed by atoms with E-state index in [1.165, 1.54) is 16.4 Å². The number of carbonyl (C=O) groups excluding carboxylic acids is 2. The van der Waals surface area contributed by atoms with Gasteiger partial charge in [-0.25, -0.2) is 13.2 Å². The van der Waals surface area contributed by atoms with E-state index in [2.05, 4.69) is 0 Å². The molecule has 3 rings (SSSR count). The van der Waals surface area contributed by atoms with Gasteiger partial charge < -0.3 is 14.4 Å². The number of hydrogen-bond donors (Lipinski definition) is 0. The van der Waals surface area contributed by atoms with E-state index >= 15 is 0 Å². The molecule has 1 amide bonds. The Bertz CT molecular complexity index is 1060. The molecule has 1 fully saturated rings. The van der Waals surface area contributed by atoms with Gasteiger partial charge in [-0.2, -0.15) is 4.31 Å². The van der Waals surface area contributed by atoms with E-state index in [-0.39, 0.29) is 31.4 Å². The van der Waals surface area contributed by atoms with Crippen LogP contribution >= 0.6 is 0 Å². The van der Waals surface area contributed by atoms with Crippen molar-refractivity contribution in [1.29, 1.82) is 0 Å². The van der Waals surface area contributed by atoms with Crippen molar-refractivity contribution in [2.24, 2.45) is 0 Å². The predicted octanol–water partition coefficient (Wildman–Crippen LogP) is 2.99. The van der Waals surface area contributed by atoms with Gasteiger partial charge in [-0.05, 0) is 62.2 Å². The third-order valence-corrected chi connectivity index (χ3v) is 7.09. The molecular weight excluding hydrogens is 420 g/mol. The fourth-order valence-corrected chi connectivity index (χ4v) is 5.08. The Morgan fingerprint density at radius 1 is 0.968 bits per heavy atom. The molecule has 0 saturated carbocycles. The van der Waals surface area contributed by atoms with Crippen LogP contribution in [0.25, 0.3) is 0 Å². The molecule has 0 spiro atoms. The van der Waals surface area contributed by atoms with E-state index in [1.807, 2.05) is 13.0 Å². The lowest BCUT2D eigenvalue weighted by molar-refractivity contribution is 0.0698. The number of amides is 1. The Kier molecular flexibility index (Phi) is 6.97. The lowest BCUT2D eigenvalue weighted by Gasteiger charge is -2.34. The highest BCUT2D eigenvalue weighted by Gasteiger charge is 2.31. The van der Waals surface area contributed by atoms with Crippen LogP contribution in [-0.4, -0.2) is 62.5 Å². The van der Waals surface area contributed by atoms with Crippen LogP contribution in [0.4, 0.5) is 4.79 Å². The van der Waals surface area contributed by atoms with Crippen molar-refractivity contribution < 1.29 is 27.5 Å². The highest BCUT2D eigenvalue weighted by Crippen LogP contribution is 2.23. The Morgan fingerprint density at radius 2 is 1.61 bits per heavy atom. The predicted molar refractivity (Wildman–Crippen MR) is 115 cm³/mol. The molecule has 1 aliphatic heterocycles. The van der Waals surface area contributed by atoms with E-state index in [0.717, 1.165) is 5.56 Å². The monoisotopic (exact) mass is 446 g/mol. The molecule has 2 aromatic carbocycles. The largest absolute Gasteiger partial charge is 0.513 e. The molecular formula is C22H26N2O6S. The number of piperazine rings is 1. The van der Waals surface area contributed by atoms with Gasteiger partial charge in [-0.1, -0.05) is 12.1 Å². The fraction of sp³-hybridized carbons (Fsp3) is 0.364. The SMILES string of the molecule is CCOC(=O)Oc1ccc(C(=O)N2CCN(S(=O)(=O)c3cc(C)ccc3C)CC2)cc1. The first-order valence-electron chi connectivity index (χ1n) is 10.0. The van der Waals surface area contributed by atoms with E-state index in [9.17, 15) is 18.0 Å². The molecule has 166 valence electrons. The minimum absolute atomic E-state index is 0.202. The van der Waals surface area contributed by atoms with E-state index in [1.54, 1.807) is 43.0 Å². The van der Waals surface area contributed by atoms with Crippen LogP contribution in [0.1, 0.15) is 28.4 Å². The summed E-state index contributed by atoms with van der Waals surface area (Å²) in [6.45, 7) is 6.57. The zero-order valence-electron chi connectivity index (χ0n) is 17.8. The topological polar surface area (TPSA) is 93.2 Å². The maximum atomic E-state index is 13.0. The van der Waals surface area contributed by atoms with Gasteiger partial charge in [0, 0.05) is 31.7 Å². The smallest absolute Gasteiger partial charge is 0.434 e. The first-order chi connectivity index (χ1) is 14.7. The number of carbonyl (C=O) groups is 2. The fourth-order valence-electron chi connectivity index (χ4n) is 3.35. The summed E-state index contributed by atoms with van der Waals surface area (Å²) in [6.07, 6.45) is -0.803. The van der Waals surface area contributed by atoms with Gasteiger partial charge in [0.25, 0.3) is 5.91 Å². The second-order valence-corrected chi connectivity index (χ2v) is 9.18. The molecule has 0 unspecified atom stereocenters. The Morgan fingerprint density at radius 3 is 2.23 bits per heavy atom. The number of hydrogen-bond acceptors (Lipinski definition) is 6. The first kappa shape index (κ1) is 22.8. The van der Waals surface area contributed by atoms with Crippen molar-refractivity contribution >= 4 is 22.1 Å². The summed E-state index contributed by atoms with van der Waals surface area (Å²) in [6, 6.07) is 11.5. The molecule has 1 heterocycles. The van der Waals surface area contributed by atoms with Gasteiger partial charge in [0.05, 0.1) is 11.5 Å². The Balaban J connectivity index is 1.63. The van der Waals surface area contributed by atoms with Crippen molar-refractivity contribution in [3.63, 3.8) is 0 Å². The standard InChI is InChI=1S/C22H26N2O6S/c1-4-29-22(26)30-19-9-7-18(8-10-19)21(25)23-11-13-24(14-12-23)31(27,28)20-15-16(2)5-6-17(20)3/h5-10,15H,4,11-14H2,1-3H3. The van der Waals surface area contributed by atoms with Crippen LogP contribution in [0, 0.1) is 13.8 Å². The maximum absolute atomic E-state index is 13.0. The second-order valence-electron chi connectivity index (χ2n) is 7.27. The number of sulfonamides is 1. The number of ether oxygens (including phenoxy) is 2. The summed E-state index contributed by atoms with van der Waals surface area (Å²) >= 11 is 0. The molecule has 31 heavy (non-hydrogen) atoms. The molecule has 0 radical (unpaired) electrons. The quantitative estimate of drug-likeness (QED) is 0.518. The minimum atomic E-state index is -3.62. The molecule has 0 aromatic heterocycles. The third-order valence-electron chi connectivity index (χ3n) is 5.05. The molecule has 8 nitrogen and oxygen atoms in total. The zero-order chi connectivity index (χ0) is 22.6. The van der Waals surface area contributed by atoms with Crippen molar-refractivity contribution in [3.05, 3.63) is 59.2 Å². The van der Waals surface area contributed by atoms with Crippen molar-refractivity contribution in [1.82, 2.24) is 9.21 Å². The summed E-state index contributed by atoms with van der Waals surface area (Å²) in [5.74, 6) is 0.0749. The average molecular weight is 447 g/mol. The number of nitrogens with zero attached hydrogens (tertiary/aromatic N) is 2. The highest BCUT2D eigenvalue weighted by molar-refractivity contribution is 7.89. The summed E-state index contributed by atoms with van der Waals surface area (Å²) in [4.78, 5) is 26.1. The lowest BCUT2D eigenvalue weighted by Crippen LogP contribution is -2.50. The van der Waals surface area contributed by atoms with Crippen LogP contribution in [-0.2, 0) is 14.8 Å². The molecule has 0 atom stereocenters.